The number of hydrogen-bond acceptors (Lipinski definition) is 6. The first kappa shape index (κ1) is 16.7. The number of nitrogens with zero attached hydrogens (tertiary/aromatic N) is 3. The Bertz CT molecular complexity index is 661. The van der Waals surface area contributed by atoms with Gasteiger partial charge in [-0.1, -0.05) is 12.1 Å². The molecule has 0 bridgehead atoms. The summed E-state index contributed by atoms with van der Waals surface area (Å²) in [6, 6.07) is 7.38. The fourth-order valence-corrected chi connectivity index (χ4v) is 3.28. The third-order valence-electron chi connectivity index (χ3n) is 3.26. The van der Waals surface area contributed by atoms with Gasteiger partial charge in [-0.15, -0.1) is 5.10 Å². The van der Waals surface area contributed by atoms with Gasteiger partial charge in [-0.3, -0.25) is 4.57 Å². The van der Waals surface area contributed by atoms with Crippen LogP contribution < -0.4 is 10.2 Å². The molecule has 2 aromatic rings. The molecular weight excluding hydrogens is 305 g/mol. The van der Waals surface area contributed by atoms with Crippen molar-refractivity contribution in [1.29, 1.82) is 0 Å². The van der Waals surface area contributed by atoms with Gasteiger partial charge in [0.1, 0.15) is 11.4 Å². The lowest BCUT2D eigenvalue weighted by Crippen LogP contribution is -2.13. The van der Waals surface area contributed by atoms with E-state index in [1.165, 1.54) is 14.2 Å². The predicted molar refractivity (Wildman–Crippen MR) is 83.6 cm³/mol. The van der Waals surface area contributed by atoms with E-state index in [2.05, 4.69) is 10.3 Å². The summed E-state index contributed by atoms with van der Waals surface area (Å²) in [7, 11) is 0.789. The molecule has 1 aromatic carbocycles. The summed E-state index contributed by atoms with van der Waals surface area (Å²) in [5.41, 5.74) is 1.68. The van der Waals surface area contributed by atoms with Crippen LogP contribution >= 0.6 is 7.60 Å². The lowest BCUT2D eigenvalue weighted by atomic mass is 10.1. The van der Waals surface area contributed by atoms with Gasteiger partial charge in [0.25, 0.3) is 0 Å². The van der Waals surface area contributed by atoms with E-state index in [0.717, 1.165) is 17.7 Å². The highest BCUT2D eigenvalue weighted by Crippen LogP contribution is 2.46. The number of benzene rings is 1. The lowest BCUT2D eigenvalue weighted by Gasteiger charge is -2.14. The summed E-state index contributed by atoms with van der Waals surface area (Å²) < 4.78 is 29.7. The molecule has 0 saturated carbocycles. The molecule has 0 aliphatic heterocycles. The summed E-state index contributed by atoms with van der Waals surface area (Å²) in [5.74, 6) is 0.737. The van der Waals surface area contributed by atoms with Gasteiger partial charge in [-0.2, -0.15) is 0 Å². The van der Waals surface area contributed by atoms with E-state index in [0.29, 0.717) is 12.2 Å². The highest BCUT2D eigenvalue weighted by atomic mass is 31.2. The maximum Gasteiger partial charge on any atom is 0.383 e. The first-order valence-electron chi connectivity index (χ1n) is 6.89. The second-order valence-corrected chi connectivity index (χ2v) is 6.72. The van der Waals surface area contributed by atoms with Crippen molar-refractivity contribution in [3.05, 3.63) is 24.3 Å². The van der Waals surface area contributed by atoms with E-state index >= 15 is 0 Å². The molecule has 8 heteroatoms. The summed E-state index contributed by atoms with van der Waals surface area (Å²) in [5, 5.41) is 8.13. The van der Waals surface area contributed by atoms with Crippen LogP contribution in [-0.2, 0) is 20.2 Å². The fourth-order valence-electron chi connectivity index (χ4n) is 2.13. The molecule has 0 aliphatic rings. The van der Waals surface area contributed by atoms with Gasteiger partial charge in [-0.05, 0) is 30.7 Å². The van der Waals surface area contributed by atoms with Gasteiger partial charge in [-0.25, -0.2) is 4.68 Å². The van der Waals surface area contributed by atoms with Crippen LogP contribution in [0.3, 0.4) is 0 Å². The molecule has 7 nitrogen and oxygen atoms in total. The van der Waals surface area contributed by atoms with Crippen molar-refractivity contribution in [3.8, 4) is 17.0 Å². The van der Waals surface area contributed by atoms with Crippen molar-refractivity contribution < 1.29 is 18.3 Å². The van der Waals surface area contributed by atoms with Crippen molar-refractivity contribution in [3.63, 3.8) is 0 Å². The average molecular weight is 325 g/mol. The van der Waals surface area contributed by atoms with Crippen molar-refractivity contribution in [2.24, 2.45) is 0 Å². The van der Waals surface area contributed by atoms with E-state index in [1.54, 1.807) is 11.8 Å². The molecule has 120 valence electrons. The maximum absolute atomic E-state index is 12.7. The number of rotatable bonds is 7. The zero-order chi connectivity index (χ0) is 16.2. The van der Waals surface area contributed by atoms with Crippen LogP contribution in [-0.4, -0.2) is 36.3 Å². The summed E-state index contributed by atoms with van der Waals surface area (Å²) in [6.07, 6.45) is 0.871. The van der Waals surface area contributed by atoms with Gasteiger partial charge in [0, 0.05) is 26.3 Å². The lowest BCUT2D eigenvalue weighted by molar-refractivity contribution is 0.286. The van der Waals surface area contributed by atoms with Gasteiger partial charge >= 0.3 is 7.60 Å². The quantitative estimate of drug-likeness (QED) is 0.728. The van der Waals surface area contributed by atoms with Gasteiger partial charge in [0.2, 0.25) is 5.44 Å². The molecule has 0 N–H and O–H groups in total. The molecule has 1 aromatic heterocycles. The Labute approximate surface area is 129 Å². The van der Waals surface area contributed by atoms with Crippen LogP contribution in [0.2, 0.25) is 0 Å². The standard InChI is InChI=1S/C14H20N3O4P/c1-5-10-17-13(11-6-8-12(19-2)9-7-11)14(15-16-17)22(18,20-3)21-4/h6-9H,5,10H2,1-4H3. The molecule has 2 rings (SSSR count). The topological polar surface area (TPSA) is 75.5 Å². The molecular formula is C14H20N3O4P. The zero-order valence-electron chi connectivity index (χ0n) is 13.1. The van der Waals surface area contributed by atoms with Crippen molar-refractivity contribution >= 4 is 13.0 Å². The first-order valence-corrected chi connectivity index (χ1v) is 8.43. The molecule has 0 saturated heterocycles. The Morgan fingerprint density at radius 1 is 1.14 bits per heavy atom. The summed E-state index contributed by atoms with van der Waals surface area (Å²) in [4.78, 5) is 0. The van der Waals surface area contributed by atoms with E-state index in [-0.39, 0.29) is 5.44 Å². The second-order valence-electron chi connectivity index (χ2n) is 4.58. The summed E-state index contributed by atoms with van der Waals surface area (Å²) in [6.45, 7) is 2.69. The Morgan fingerprint density at radius 3 is 2.27 bits per heavy atom. The molecule has 0 unspecified atom stereocenters. The fraction of sp³-hybridized carbons (Fsp3) is 0.429. The molecule has 0 radical (unpaired) electrons. The molecule has 0 aliphatic carbocycles. The third-order valence-corrected chi connectivity index (χ3v) is 5.04. The van der Waals surface area contributed by atoms with Gasteiger partial charge in [0.05, 0.1) is 7.11 Å². The predicted octanol–water partition coefficient (Wildman–Crippen LogP) is 2.47. The minimum absolute atomic E-state index is 0.219. The molecule has 0 spiro atoms. The normalized spacial score (nSPS) is 11.6. The Kier molecular flexibility index (Phi) is 5.34. The number of ether oxygens (including phenoxy) is 1. The summed E-state index contributed by atoms with van der Waals surface area (Å²) >= 11 is 0. The van der Waals surface area contributed by atoms with Crippen LogP contribution in [0.1, 0.15) is 13.3 Å². The number of methoxy groups -OCH3 is 1. The minimum atomic E-state index is -3.48. The van der Waals surface area contributed by atoms with Gasteiger partial charge in [0.15, 0.2) is 0 Å². The monoisotopic (exact) mass is 325 g/mol. The molecule has 22 heavy (non-hydrogen) atoms. The largest absolute Gasteiger partial charge is 0.497 e. The van der Waals surface area contributed by atoms with E-state index in [9.17, 15) is 4.57 Å². The third kappa shape index (κ3) is 3.06. The SMILES string of the molecule is CCCn1nnc(P(=O)(OC)OC)c1-c1ccc(OC)cc1. The molecule has 0 atom stereocenters. The second kappa shape index (κ2) is 7.05. The van der Waals surface area contributed by atoms with Crippen molar-refractivity contribution in [2.45, 2.75) is 19.9 Å². The maximum atomic E-state index is 12.7. The van der Waals surface area contributed by atoms with Crippen LogP contribution in [0, 0.1) is 0 Å². The highest BCUT2D eigenvalue weighted by molar-refractivity contribution is 7.62. The van der Waals surface area contributed by atoms with Gasteiger partial charge < -0.3 is 13.8 Å². The Hall–Kier alpha value is -1.69. The number of aryl methyl sites for hydroxylation is 1. The van der Waals surface area contributed by atoms with Crippen molar-refractivity contribution in [1.82, 2.24) is 15.0 Å². The van der Waals surface area contributed by atoms with Crippen LogP contribution in [0.4, 0.5) is 0 Å². The smallest absolute Gasteiger partial charge is 0.383 e. The molecule has 1 heterocycles. The molecule has 0 fully saturated rings. The van der Waals surface area contributed by atoms with Crippen LogP contribution in [0.5, 0.6) is 5.75 Å². The zero-order valence-corrected chi connectivity index (χ0v) is 14.0. The number of hydrogen-bond donors (Lipinski definition) is 0. The first-order chi connectivity index (χ1) is 10.6. The minimum Gasteiger partial charge on any atom is -0.497 e. The van der Waals surface area contributed by atoms with Crippen molar-refractivity contribution in [2.75, 3.05) is 21.3 Å². The van der Waals surface area contributed by atoms with E-state index < -0.39 is 7.60 Å². The number of aromatic nitrogens is 3. The van der Waals surface area contributed by atoms with Crippen LogP contribution in [0.25, 0.3) is 11.3 Å². The van der Waals surface area contributed by atoms with Crippen LogP contribution in [0.15, 0.2) is 24.3 Å². The van der Waals surface area contributed by atoms with E-state index in [4.69, 9.17) is 13.8 Å². The highest BCUT2D eigenvalue weighted by Gasteiger charge is 2.34. The Morgan fingerprint density at radius 2 is 1.77 bits per heavy atom. The van der Waals surface area contributed by atoms with E-state index in [1.807, 2.05) is 31.2 Å². The Balaban J connectivity index is 2.59. The molecule has 0 amide bonds. The average Bonchev–Trinajstić information content (AvgIpc) is 2.99.